The van der Waals surface area contributed by atoms with Crippen LogP contribution in [0.3, 0.4) is 0 Å². The molecule has 0 aromatic heterocycles. The fraction of sp³-hybridized carbons (Fsp3) is 0.400. The SMILES string of the molecule is O=C(O)C=Cc1ccccc1OC1OC(CO)C(O)C(O)C1O. The van der Waals surface area contributed by atoms with Crippen LogP contribution in [0.4, 0.5) is 0 Å². The van der Waals surface area contributed by atoms with Gasteiger partial charge >= 0.3 is 5.97 Å². The second kappa shape index (κ2) is 7.53. The molecule has 1 aliphatic rings. The molecular weight excluding hydrogens is 308 g/mol. The number of rotatable bonds is 5. The van der Waals surface area contributed by atoms with Gasteiger partial charge in [-0.05, 0) is 12.1 Å². The normalized spacial score (nSPS) is 31.2. The predicted octanol–water partition coefficient (Wildman–Crippen LogP) is -1.04. The molecule has 1 heterocycles. The van der Waals surface area contributed by atoms with Crippen molar-refractivity contribution < 1.29 is 39.8 Å². The van der Waals surface area contributed by atoms with Gasteiger partial charge in [0.25, 0.3) is 0 Å². The molecule has 0 spiro atoms. The van der Waals surface area contributed by atoms with Gasteiger partial charge in [-0.3, -0.25) is 0 Å². The molecule has 0 aliphatic carbocycles. The number of aliphatic carboxylic acids is 1. The van der Waals surface area contributed by atoms with E-state index in [-0.39, 0.29) is 5.75 Å². The van der Waals surface area contributed by atoms with Crippen LogP contribution >= 0.6 is 0 Å². The maximum atomic E-state index is 10.6. The summed E-state index contributed by atoms with van der Waals surface area (Å²) in [5.41, 5.74) is 0.423. The zero-order chi connectivity index (χ0) is 17.0. The highest BCUT2D eigenvalue weighted by molar-refractivity contribution is 5.85. The lowest BCUT2D eigenvalue weighted by Crippen LogP contribution is -2.60. The van der Waals surface area contributed by atoms with Crippen LogP contribution in [0.1, 0.15) is 5.56 Å². The number of para-hydroxylation sites is 1. The monoisotopic (exact) mass is 326 g/mol. The third kappa shape index (κ3) is 4.06. The van der Waals surface area contributed by atoms with Gasteiger partial charge in [0.1, 0.15) is 30.2 Å². The molecule has 5 N–H and O–H groups in total. The molecule has 8 nitrogen and oxygen atoms in total. The lowest BCUT2D eigenvalue weighted by Gasteiger charge is -2.39. The minimum Gasteiger partial charge on any atom is -0.478 e. The van der Waals surface area contributed by atoms with Gasteiger partial charge in [-0.15, -0.1) is 0 Å². The van der Waals surface area contributed by atoms with Crippen molar-refractivity contribution in [2.24, 2.45) is 0 Å². The Morgan fingerprint density at radius 1 is 1.17 bits per heavy atom. The van der Waals surface area contributed by atoms with Crippen molar-refractivity contribution in [3.8, 4) is 5.75 Å². The summed E-state index contributed by atoms with van der Waals surface area (Å²) in [6.07, 6.45) is -4.74. The molecule has 5 unspecified atom stereocenters. The van der Waals surface area contributed by atoms with Gasteiger partial charge in [-0.1, -0.05) is 18.2 Å². The zero-order valence-electron chi connectivity index (χ0n) is 12.0. The molecule has 1 saturated heterocycles. The highest BCUT2D eigenvalue weighted by Crippen LogP contribution is 2.27. The average Bonchev–Trinajstić information content (AvgIpc) is 2.54. The van der Waals surface area contributed by atoms with Gasteiger partial charge in [0.05, 0.1) is 6.61 Å². The molecule has 0 radical (unpaired) electrons. The van der Waals surface area contributed by atoms with Gasteiger partial charge in [0.15, 0.2) is 0 Å². The standard InChI is InChI=1S/C15H18O8/c16-7-10-12(19)13(20)14(21)15(23-10)22-9-4-2-1-3-8(9)5-6-11(17)18/h1-6,10,12-16,19-21H,7H2,(H,17,18). The van der Waals surface area contributed by atoms with E-state index in [0.29, 0.717) is 5.56 Å². The highest BCUT2D eigenvalue weighted by atomic mass is 16.7. The fourth-order valence-electron chi connectivity index (χ4n) is 2.18. The molecule has 1 aromatic carbocycles. The van der Waals surface area contributed by atoms with Crippen LogP contribution in [0.25, 0.3) is 6.08 Å². The quantitative estimate of drug-likeness (QED) is 0.433. The summed E-state index contributed by atoms with van der Waals surface area (Å²) in [6, 6.07) is 6.43. The number of aliphatic hydroxyl groups excluding tert-OH is 4. The first kappa shape index (κ1) is 17.4. The Kier molecular flexibility index (Phi) is 5.69. The van der Waals surface area contributed by atoms with Crippen LogP contribution in [-0.4, -0.2) is 68.8 Å². The second-order valence-electron chi connectivity index (χ2n) is 5.02. The van der Waals surface area contributed by atoms with E-state index in [9.17, 15) is 20.1 Å². The molecule has 2 rings (SSSR count). The summed E-state index contributed by atoms with van der Waals surface area (Å²) in [7, 11) is 0. The van der Waals surface area contributed by atoms with Gasteiger partial charge in [-0.25, -0.2) is 4.79 Å². The number of aliphatic hydroxyl groups is 4. The van der Waals surface area contributed by atoms with Crippen LogP contribution < -0.4 is 4.74 Å². The Morgan fingerprint density at radius 3 is 2.52 bits per heavy atom. The summed E-state index contributed by atoms with van der Waals surface area (Å²) in [5, 5.41) is 47.2. The van der Waals surface area contributed by atoms with Crippen LogP contribution in [0, 0.1) is 0 Å². The summed E-state index contributed by atoms with van der Waals surface area (Å²) in [4.78, 5) is 10.6. The van der Waals surface area contributed by atoms with Crippen molar-refractivity contribution >= 4 is 12.0 Å². The molecule has 1 aromatic rings. The van der Waals surface area contributed by atoms with E-state index in [4.69, 9.17) is 19.7 Å². The smallest absolute Gasteiger partial charge is 0.328 e. The zero-order valence-corrected chi connectivity index (χ0v) is 12.0. The van der Waals surface area contributed by atoms with E-state index in [2.05, 4.69) is 0 Å². The first-order valence-corrected chi connectivity index (χ1v) is 6.91. The predicted molar refractivity (Wildman–Crippen MR) is 77.5 cm³/mol. The lowest BCUT2D eigenvalue weighted by atomic mass is 9.99. The van der Waals surface area contributed by atoms with Gasteiger partial charge in [-0.2, -0.15) is 0 Å². The average molecular weight is 326 g/mol. The summed E-state index contributed by atoms with van der Waals surface area (Å²) in [5.74, 6) is -0.915. The van der Waals surface area contributed by atoms with Crippen LogP contribution in [0.2, 0.25) is 0 Å². The molecule has 1 fully saturated rings. The number of carboxylic acid groups (broad SMARTS) is 1. The molecule has 23 heavy (non-hydrogen) atoms. The van der Waals surface area contributed by atoms with E-state index >= 15 is 0 Å². The van der Waals surface area contributed by atoms with Crippen molar-refractivity contribution in [2.75, 3.05) is 6.61 Å². The molecular formula is C15H18O8. The number of ether oxygens (including phenoxy) is 2. The number of carbonyl (C=O) groups is 1. The number of benzene rings is 1. The fourth-order valence-corrected chi connectivity index (χ4v) is 2.18. The van der Waals surface area contributed by atoms with E-state index < -0.39 is 43.3 Å². The summed E-state index contributed by atoms with van der Waals surface area (Å²) < 4.78 is 10.7. The van der Waals surface area contributed by atoms with Crippen molar-refractivity contribution in [1.29, 1.82) is 0 Å². The van der Waals surface area contributed by atoms with Crippen molar-refractivity contribution in [2.45, 2.75) is 30.7 Å². The van der Waals surface area contributed by atoms with E-state index in [1.807, 2.05) is 0 Å². The Bertz CT molecular complexity index is 570. The van der Waals surface area contributed by atoms with Gasteiger partial charge in [0.2, 0.25) is 6.29 Å². The van der Waals surface area contributed by atoms with Crippen LogP contribution in [0.15, 0.2) is 30.3 Å². The minimum atomic E-state index is -1.55. The molecule has 5 atom stereocenters. The molecule has 0 amide bonds. The summed E-state index contributed by atoms with van der Waals surface area (Å²) >= 11 is 0. The topological polar surface area (TPSA) is 137 Å². The highest BCUT2D eigenvalue weighted by Gasteiger charge is 2.44. The minimum absolute atomic E-state index is 0.217. The molecule has 8 heteroatoms. The van der Waals surface area contributed by atoms with Gasteiger partial charge in [0, 0.05) is 11.6 Å². The maximum absolute atomic E-state index is 10.6. The molecule has 0 bridgehead atoms. The molecule has 1 aliphatic heterocycles. The van der Waals surface area contributed by atoms with Crippen LogP contribution in [-0.2, 0) is 9.53 Å². The van der Waals surface area contributed by atoms with Crippen molar-refractivity contribution in [3.05, 3.63) is 35.9 Å². The van der Waals surface area contributed by atoms with E-state index in [1.165, 1.54) is 12.1 Å². The number of carboxylic acids is 1. The second-order valence-corrected chi connectivity index (χ2v) is 5.02. The van der Waals surface area contributed by atoms with Gasteiger partial charge < -0.3 is 35.0 Å². The first-order valence-electron chi connectivity index (χ1n) is 6.91. The van der Waals surface area contributed by atoms with Crippen LogP contribution in [0.5, 0.6) is 5.75 Å². The Hall–Kier alpha value is -1.97. The largest absolute Gasteiger partial charge is 0.478 e. The Morgan fingerprint density at radius 2 is 1.87 bits per heavy atom. The maximum Gasteiger partial charge on any atom is 0.328 e. The van der Waals surface area contributed by atoms with E-state index in [0.717, 1.165) is 6.08 Å². The van der Waals surface area contributed by atoms with Crippen molar-refractivity contribution in [1.82, 2.24) is 0 Å². The van der Waals surface area contributed by atoms with E-state index in [1.54, 1.807) is 18.2 Å². The number of hydrogen-bond donors (Lipinski definition) is 5. The third-order valence-electron chi connectivity index (χ3n) is 3.42. The summed E-state index contributed by atoms with van der Waals surface area (Å²) in [6.45, 7) is -0.564. The molecule has 126 valence electrons. The third-order valence-corrected chi connectivity index (χ3v) is 3.42. The lowest BCUT2D eigenvalue weighted by molar-refractivity contribution is -0.277. The first-order chi connectivity index (χ1) is 10.9. The van der Waals surface area contributed by atoms with Crippen molar-refractivity contribution in [3.63, 3.8) is 0 Å². The number of hydrogen-bond acceptors (Lipinski definition) is 7. The Balaban J connectivity index is 2.19. The Labute approximate surface area is 131 Å². The molecule has 0 saturated carbocycles.